The van der Waals surface area contributed by atoms with E-state index in [0.717, 1.165) is 35.2 Å². The molecular weight excluding hydrogens is 395 g/mol. The standard InChI is InChI=1S/C21H25FN2O4S/c1-15(24(29(2,26)27)20-10-6-5-9-19(20)22)21(25)23-16-11-13-18(14-12-16)28-17-7-3-4-8-17/h5-6,9-15,17H,3-4,7-8H2,1-2H3,(H,23,25)/t15-/m1/s1. The van der Waals surface area contributed by atoms with Gasteiger partial charge in [-0.25, -0.2) is 12.8 Å². The van der Waals surface area contributed by atoms with Gasteiger partial charge >= 0.3 is 0 Å². The predicted molar refractivity (Wildman–Crippen MR) is 111 cm³/mol. The van der Waals surface area contributed by atoms with Gasteiger partial charge < -0.3 is 10.1 Å². The van der Waals surface area contributed by atoms with Crippen LogP contribution in [0.15, 0.2) is 48.5 Å². The average Bonchev–Trinajstić information content (AvgIpc) is 3.17. The molecule has 6 nitrogen and oxygen atoms in total. The highest BCUT2D eigenvalue weighted by Crippen LogP contribution is 2.26. The van der Waals surface area contributed by atoms with Crippen LogP contribution in [0, 0.1) is 5.82 Å². The molecule has 0 aromatic heterocycles. The van der Waals surface area contributed by atoms with Gasteiger partial charge in [-0.15, -0.1) is 0 Å². The fraction of sp³-hybridized carbons (Fsp3) is 0.381. The molecule has 1 saturated carbocycles. The summed E-state index contributed by atoms with van der Waals surface area (Å²) in [4.78, 5) is 12.7. The fourth-order valence-corrected chi connectivity index (χ4v) is 4.65. The molecule has 3 rings (SSSR count). The van der Waals surface area contributed by atoms with Gasteiger partial charge in [0.15, 0.2) is 0 Å². The Balaban J connectivity index is 1.72. The summed E-state index contributed by atoms with van der Waals surface area (Å²) in [5.74, 6) is -0.554. The zero-order chi connectivity index (χ0) is 21.0. The van der Waals surface area contributed by atoms with Crippen molar-refractivity contribution in [1.29, 1.82) is 0 Å². The number of carbonyl (C=O) groups is 1. The van der Waals surface area contributed by atoms with Crippen LogP contribution in [0.5, 0.6) is 5.75 Å². The van der Waals surface area contributed by atoms with Crippen LogP contribution in [0.3, 0.4) is 0 Å². The second-order valence-electron chi connectivity index (χ2n) is 7.22. The van der Waals surface area contributed by atoms with E-state index in [1.54, 1.807) is 24.3 Å². The minimum atomic E-state index is -3.88. The number of amides is 1. The second kappa shape index (κ2) is 8.82. The molecule has 156 valence electrons. The summed E-state index contributed by atoms with van der Waals surface area (Å²) in [6, 6.07) is 11.2. The van der Waals surface area contributed by atoms with Crippen molar-refractivity contribution in [3.63, 3.8) is 0 Å². The van der Waals surface area contributed by atoms with Gasteiger partial charge in [-0.2, -0.15) is 0 Å². The Hall–Kier alpha value is -2.61. The summed E-state index contributed by atoms with van der Waals surface area (Å²) in [5.41, 5.74) is 0.334. The van der Waals surface area contributed by atoms with Crippen molar-refractivity contribution in [3.05, 3.63) is 54.3 Å². The lowest BCUT2D eigenvalue weighted by Crippen LogP contribution is -2.45. The minimum Gasteiger partial charge on any atom is -0.490 e. The number of rotatable bonds is 7. The number of ether oxygens (including phenoxy) is 1. The van der Waals surface area contributed by atoms with E-state index in [-0.39, 0.29) is 11.8 Å². The number of anilines is 2. The molecule has 8 heteroatoms. The number of para-hydroxylation sites is 1. The molecule has 1 amide bonds. The normalized spacial score (nSPS) is 15.7. The van der Waals surface area contributed by atoms with E-state index in [4.69, 9.17) is 4.74 Å². The minimum absolute atomic E-state index is 0.169. The number of benzene rings is 2. The van der Waals surface area contributed by atoms with Gasteiger partial charge in [0, 0.05) is 5.69 Å². The zero-order valence-corrected chi connectivity index (χ0v) is 17.3. The lowest BCUT2D eigenvalue weighted by molar-refractivity contribution is -0.116. The molecule has 2 aromatic carbocycles. The number of carbonyl (C=O) groups excluding carboxylic acids is 1. The maximum absolute atomic E-state index is 14.2. The van der Waals surface area contributed by atoms with Crippen molar-refractivity contribution in [3.8, 4) is 5.75 Å². The summed E-state index contributed by atoms with van der Waals surface area (Å²) < 4.78 is 45.4. The van der Waals surface area contributed by atoms with Gasteiger partial charge in [0.2, 0.25) is 15.9 Å². The molecule has 1 aliphatic rings. The lowest BCUT2D eigenvalue weighted by Gasteiger charge is -2.28. The monoisotopic (exact) mass is 420 g/mol. The van der Waals surface area contributed by atoms with E-state index < -0.39 is 27.8 Å². The highest BCUT2D eigenvalue weighted by atomic mass is 32.2. The highest BCUT2D eigenvalue weighted by molar-refractivity contribution is 7.92. The topological polar surface area (TPSA) is 75.7 Å². The van der Waals surface area contributed by atoms with Crippen molar-refractivity contribution in [2.45, 2.75) is 44.8 Å². The molecule has 0 saturated heterocycles. The molecule has 0 radical (unpaired) electrons. The summed E-state index contributed by atoms with van der Waals surface area (Å²) in [6.07, 6.45) is 5.63. The van der Waals surface area contributed by atoms with Crippen molar-refractivity contribution in [2.75, 3.05) is 15.9 Å². The first-order valence-corrected chi connectivity index (χ1v) is 11.4. The molecule has 0 aliphatic heterocycles. The van der Waals surface area contributed by atoms with Crippen molar-refractivity contribution < 1.29 is 22.3 Å². The fourth-order valence-electron chi connectivity index (χ4n) is 3.47. The first-order valence-electron chi connectivity index (χ1n) is 9.57. The van der Waals surface area contributed by atoms with E-state index >= 15 is 0 Å². The summed E-state index contributed by atoms with van der Waals surface area (Å²) in [6.45, 7) is 1.42. The largest absolute Gasteiger partial charge is 0.490 e. The van der Waals surface area contributed by atoms with Crippen LogP contribution < -0.4 is 14.4 Å². The third-order valence-corrected chi connectivity index (χ3v) is 6.13. The Morgan fingerprint density at radius 1 is 1.14 bits per heavy atom. The number of nitrogens with one attached hydrogen (secondary N) is 1. The zero-order valence-electron chi connectivity index (χ0n) is 16.5. The molecular formula is C21H25FN2O4S. The Kier molecular flexibility index (Phi) is 6.42. The first-order chi connectivity index (χ1) is 13.8. The predicted octanol–water partition coefficient (Wildman–Crippen LogP) is 3.94. The van der Waals surface area contributed by atoms with Crippen LogP contribution >= 0.6 is 0 Å². The number of hydrogen-bond acceptors (Lipinski definition) is 4. The van der Waals surface area contributed by atoms with Crippen molar-refractivity contribution in [2.24, 2.45) is 0 Å². The van der Waals surface area contributed by atoms with Crippen molar-refractivity contribution in [1.82, 2.24) is 0 Å². The molecule has 1 N–H and O–H groups in total. The smallest absolute Gasteiger partial charge is 0.247 e. The highest BCUT2D eigenvalue weighted by Gasteiger charge is 2.31. The Labute approximate surface area is 170 Å². The van der Waals surface area contributed by atoms with Gasteiger partial charge in [0.1, 0.15) is 17.6 Å². The van der Waals surface area contributed by atoms with Crippen LogP contribution in [0.25, 0.3) is 0 Å². The lowest BCUT2D eigenvalue weighted by atomic mass is 10.2. The van der Waals surface area contributed by atoms with Gasteiger partial charge in [-0.1, -0.05) is 12.1 Å². The summed E-state index contributed by atoms with van der Waals surface area (Å²) in [5, 5.41) is 2.68. The molecule has 1 atom stereocenters. The van der Waals surface area contributed by atoms with E-state index in [0.29, 0.717) is 5.69 Å². The van der Waals surface area contributed by atoms with E-state index in [1.165, 1.54) is 38.0 Å². The number of sulfonamides is 1. The van der Waals surface area contributed by atoms with Crippen molar-refractivity contribution >= 4 is 27.3 Å². The quantitative estimate of drug-likeness (QED) is 0.736. The average molecular weight is 421 g/mol. The molecule has 29 heavy (non-hydrogen) atoms. The van der Waals surface area contributed by atoms with Crippen LogP contribution in [0.2, 0.25) is 0 Å². The number of halogens is 1. The molecule has 0 heterocycles. The number of hydrogen-bond donors (Lipinski definition) is 1. The van der Waals surface area contributed by atoms with Crippen LogP contribution in [-0.4, -0.2) is 32.7 Å². The Morgan fingerprint density at radius 3 is 2.34 bits per heavy atom. The van der Waals surface area contributed by atoms with E-state index in [2.05, 4.69) is 5.32 Å². The number of nitrogens with zero attached hydrogens (tertiary/aromatic N) is 1. The van der Waals surface area contributed by atoms with Crippen LogP contribution in [-0.2, 0) is 14.8 Å². The summed E-state index contributed by atoms with van der Waals surface area (Å²) >= 11 is 0. The Morgan fingerprint density at radius 2 is 1.76 bits per heavy atom. The second-order valence-corrected chi connectivity index (χ2v) is 9.08. The Bertz CT molecular complexity index is 957. The molecule has 0 bridgehead atoms. The molecule has 0 unspecified atom stereocenters. The van der Waals surface area contributed by atoms with Gasteiger partial charge in [0.05, 0.1) is 18.0 Å². The van der Waals surface area contributed by atoms with Gasteiger partial charge in [0.25, 0.3) is 0 Å². The van der Waals surface area contributed by atoms with Crippen LogP contribution in [0.4, 0.5) is 15.8 Å². The van der Waals surface area contributed by atoms with E-state index in [1.807, 2.05) is 0 Å². The SMILES string of the molecule is C[C@H](C(=O)Nc1ccc(OC2CCCC2)cc1)N(c1ccccc1F)S(C)(=O)=O. The molecule has 2 aromatic rings. The van der Waals surface area contributed by atoms with Gasteiger partial charge in [-0.3, -0.25) is 9.10 Å². The van der Waals surface area contributed by atoms with Gasteiger partial charge in [-0.05, 0) is 69.0 Å². The van der Waals surface area contributed by atoms with Crippen LogP contribution in [0.1, 0.15) is 32.6 Å². The maximum atomic E-state index is 14.2. The maximum Gasteiger partial charge on any atom is 0.247 e. The summed E-state index contributed by atoms with van der Waals surface area (Å²) in [7, 11) is -3.88. The third kappa shape index (κ3) is 5.26. The van der Waals surface area contributed by atoms with E-state index in [9.17, 15) is 17.6 Å². The molecule has 1 aliphatic carbocycles. The third-order valence-electron chi connectivity index (χ3n) is 4.91. The molecule has 1 fully saturated rings. The molecule has 0 spiro atoms. The first kappa shape index (κ1) is 21.1.